The maximum absolute atomic E-state index is 12.3. The number of hydroxylamine groups is 2. The molecule has 0 aromatic heterocycles. The lowest BCUT2D eigenvalue weighted by molar-refractivity contribution is -0.136. The van der Waals surface area contributed by atoms with Crippen LogP contribution in [-0.2, 0) is 11.2 Å². The van der Waals surface area contributed by atoms with Crippen LogP contribution in [0.5, 0.6) is 0 Å². The van der Waals surface area contributed by atoms with E-state index in [1.807, 2.05) is 37.3 Å². The first-order valence-corrected chi connectivity index (χ1v) is 6.60. The SMILES string of the molecule is CC1CN([O-])CCN1C(=O)[C@@H](N)Cc1ccccc1. The molecule has 1 saturated heterocycles. The lowest BCUT2D eigenvalue weighted by Crippen LogP contribution is -2.56. The Morgan fingerprint density at radius 2 is 2.11 bits per heavy atom. The van der Waals surface area contributed by atoms with E-state index >= 15 is 0 Å². The van der Waals surface area contributed by atoms with Crippen LogP contribution in [0.2, 0.25) is 0 Å². The Hall–Kier alpha value is -1.43. The number of nitrogens with zero attached hydrogens (tertiary/aromatic N) is 2. The molecule has 0 aliphatic carbocycles. The number of rotatable bonds is 3. The van der Waals surface area contributed by atoms with Crippen LogP contribution in [0.25, 0.3) is 0 Å². The number of hydrogen-bond acceptors (Lipinski definition) is 4. The van der Waals surface area contributed by atoms with Gasteiger partial charge in [-0.05, 0) is 18.9 Å². The summed E-state index contributed by atoms with van der Waals surface area (Å²) in [4.78, 5) is 14.0. The highest BCUT2D eigenvalue weighted by atomic mass is 16.5. The van der Waals surface area contributed by atoms with Gasteiger partial charge in [0.2, 0.25) is 5.91 Å². The predicted molar refractivity (Wildman–Crippen MR) is 74.2 cm³/mol. The lowest BCUT2D eigenvalue weighted by Gasteiger charge is -2.44. The van der Waals surface area contributed by atoms with Gasteiger partial charge in [0.15, 0.2) is 0 Å². The summed E-state index contributed by atoms with van der Waals surface area (Å²) in [5.41, 5.74) is 7.05. The highest BCUT2D eigenvalue weighted by molar-refractivity contribution is 5.82. The minimum Gasteiger partial charge on any atom is -0.785 e. The molecule has 5 nitrogen and oxygen atoms in total. The van der Waals surface area contributed by atoms with Gasteiger partial charge in [-0.15, -0.1) is 0 Å². The molecule has 1 aliphatic heterocycles. The second-order valence-electron chi connectivity index (χ2n) is 5.06. The quantitative estimate of drug-likeness (QED) is 0.865. The second-order valence-corrected chi connectivity index (χ2v) is 5.06. The molecule has 0 saturated carbocycles. The Kier molecular flexibility index (Phi) is 4.52. The molecule has 1 aromatic rings. The van der Waals surface area contributed by atoms with Crippen LogP contribution < -0.4 is 5.73 Å². The van der Waals surface area contributed by atoms with Crippen LogP contribution >= 0.6 is 0 Å². The van der Waals surface area contributed by atoms with Gasteiger partial charge in [-0.2, -0.15) is 0 Å². The van der Waals surface area contributed by atoms with Crippen LogP contribution in [0.1, 0.15) is 12.5 Å². The lowest BCUT2D eigenvalue weighted by atomic mass is 10.0. The molecule has 19 heavy (non-hydrogen) atoms. The first-order chi connectivity index (χ1) is 9.08. The van der Waals surface area contributed by atoms with Crippen molar-refractivity contribution in [1.29, 1.82) is 0 Å². The maximum Gasteiger partial charge on any atom is 0.240 e. The predicted octanol–water partition coefficient (Wildman–Crippen LogP) is 0.587. The minimum absolute atomic E-state index is 0.0653. The van der Waals surface area contributed by atoms with Gasteiger partial charge in [0.1, 0.15) is 0 Å². The van der Waals surface area contributed by atoms with Crippen LogP contribution in [-0.4, -0.2) is 47.6 Å². The largest absolute Gasteiger partial charge is 0.785 e. The van der Waals surface area contributed by atoms with E-state index in [4.69, 9.17) is 5.73 Å². The van der Waals surface area contributed by atoms with E-state index in [0.29, 0.717) is 26.1 Å². The van der Waals surface area contributed by atoms with Gasteiger partial charge in [0, 0.05) is 25.7 Å². The van der Waals surface area contributed by atoms with Gasteiger partial charge in [-0.25, -0.2) is 0 Å². The summed E-state index contributed by atoms with van der Waals surface area (Å²) in [5, 5.41) is 12.2. The summed E-state index contributed by atoms with van der Waals surface area (Å²) in [6.07, 6.45) is 0.532. The van der Waals surface area contributed by atoms with Crippen LogP contribution in [0, 0.1) is 5.21 Å². The third-order valence-corrected chi connectivity index (χ3v) is 3.49. The van der Waals surface area contributed by atoms with Crippen molar-refractivity contribution in [3.8, 4) is 0 Å². The number of carbonyl (C=O) groups excluding carboxylic acids is 1. The molecular formula is C14H20N3O2-. The highest BCUT2D eigenvalue weighted by Crippen LogP contribution is 2.11. The van der Waals surface area contributed by atoms with E-state index in [1.54, 1.807) is 4.90 Å². The molecule has 1 fully saturated rings. The molecule has 1 heterocycles. The number of hydrogen-bond donors (Lipinski definition) is 1. The van der Waals surface area contributed by atoms with E-state index in [1.165, 1.54) is 0 Å². The molecule has 2 N–H and O–H groups in total. The fraction of sp³-hybridized carbons (Fsp3) is 0.500. The molecule has 5 heteroatoms. The maximum atomic E-state index is 12.3. The molecule has 0 radical (unpaired) electrons. The van der Waals surface area contributed by atoms with E-state index in [-0.39, 0.29) is 11.9 Å². The van der Waals surface area contributed by atoms with Gasteiger partial charge in [-0.1, -0.05) is 30.3 Å². The van der Waals surface area contributed by atoms with Crippen molar-refractivity contribution in [2.24, 2.45) is 5.73 Å². The number of carbonyl (C=O) groups is 1. The van der Waals surface area contributed by atoms with Crippen molar-refractivity contribution < 1.29 is 4.79 Å². The molecule has 1 unspecified atom stereocenters. The summed E-state index contributed by atoms with van der Waals surface area (Å²) >= 11 is 0. The zero-order chi connectivity index (χ0) is 13.8. The molecule has 1 aliphatic rings. The molecule has 2 rings (SSSR count). The van der Waals surface area contributed by atoms with Crippen molar-refractivity contribution in [3.05, 3.63) is 41.1 Å². The van der Waals surface area contributed by atoms with Crippen LogP contribution in [0.15, 0.2) is 30.3 Å². The number of amides is 1. The number of piperazine rings is 1. The standard InChI is InChI=1S/C14H20N3O2/c1-11-10-16(19)7-8-17(11)14(18)13(15)9-12-5-3-2-4-6-12/h2-6,11,13H,7-10,15H2,1H3/q-1/t11?,13-/m0/s1. The Bertz CT molecular complexity index is 424. The van der Waals surface area contributed by atoms with E-state index in [2.05, 4.69) is 0 Å². The summed E-state index contributed by atoms with van der Waals surface area (Å²) in [5.74, 6) is -0.0653. The molecule has 104 valence electrons. The molecule has 1 aromatic carbocycles. The van der Waals surface area contributed by atoms with Crippen molar-refractivity contribution in [3.63, 3.8) is 0 Å². The Labute approximate surface area is 113 Å². The van der Waals surface area contributed by atoms with Crippen molar-refractivity contribution in [2.45, 2.75) is 25.4 Å². The third kappa shape index (κ3) is 3.53. The summed E-state index contributed by atoms with van der Waals surface area (Å²) in [6, 6.07) is 9.13. The van der Waals surface area contributed by atoms with E-state index in [0.717, 1.165) is 10.6 Å². The Balaban J connectivity index is 1.95. The number of benzene rings is 1. The van der Waals surface area contributed by atoms with Crippen molar-refractivity contribution in [2.75, 3.05) is 19.6 Å². The topological polar surface area (TPSA) is 72.6 Å². The normalized spacial score (nSPS) is 22.3. The summed E-state index contributed by atoms with van der Waals surface area (Å²) in [7, 11) is 0. The fourth-order valence-electron chi connectivity index (χ4n) is 2.42. The summed E-state index contributed by atoms with van der Waals surface area (Å²) in [6.45, 7) is 3.08. The van der Waals surface area contributed by atoms with E-state index < -0.39 is 6.04 Å². The highest BCUT2D eigenvalue weighted by Gasteiger charge is 2.27. The molecule has 0 bridgehead atoms. The van der Waals surface area contributed by atoms with Gasteiger partial charge in [0.05, 0.1) is 6.04 Å². The second kappa shape index (κ2) is 6.14. The molecular weight excluding hydrogens is 242 g/mol. The Morgan fingerprint density at radius 1 is 1.42 bits per heavy atom. The minimum atomic E-state index is -0.539. The Morgan fingerprint density at radius 3 is 2.74 bits per heavy atom. The van der Waals surface area contributed by atoms with Crippen molar-refractivity contribution >= 4 is 5.91 Å². The van der Waals surface area contributed by atoms with Gasteiger partial charge < -0.3 is 20.9 Å². The van der Waals surface area contributed by atoms with Crippen molar-refractivity contribution in [1.82, 2.24) is 9.96 Å². The smallest absolute Gasteiger partial charge is 0.240 e. The van der Waals surface area contributed by atoms with Gasteiger partial charge in [0.25, 0.3) is 0 Å². The molecule has 1 amide bonds. The first-order valence-electron chi connectivity index (χ1n) is 6.60. The molecule has 2 atom stereocenters. The third-order valence-electron chi connectivity index (χ3n) is 3.49. The zero-order valence-corrected chi connectivity index (χ0v) is 11.2. The zero-order valence-electron chi connectivity index (χ0n) is 11.2. The van der Waals surface area contributed by atoms with E-state index in [9.17, 15) is 10.0 Å². The van der Waals surface area contributed by atoms with Gasteiger partial charge >= 0.3 is 0 Å². The van der Waals surface area contributed by atoms with Crippen LogP contribution in [0.3, 0.4) is 0 Å². The molecule has 0 spiro atoms. The average Bonchev–Trinajstić information content (AvgIpc) is 2.39. The van der Waals surface area contributed by atoms with Gasteiger partial charge in [-0.3, -0.25) is 4.79 Å². The first kappa shape index (κ1) is 14.0. The van der Waals surface area contributed by atoms with Crippen LogP contribution in [0.4, 0.5) is 0 Å². The number of nitrogens with two attached hydrogens (primary N) is 1. The fourth-order valence-corrected chi connectivity index (χ4v) is 2.42. The monoisotopic (exact) mass is 262 g/mol. The average molecular weight is 262 g/mol. The summed E-state index contributed by atoms with van der Waals surface area (Å²) < 4.78 is 0.